The molecule has 1 amide bonds. The van der Waals surface area contributed by atoms with Gasteiger partial charge < -0.3 is 9.73 Å². The van der Waals surface area contributed by atoms with E-state index < -0.39 is 0 Å². The summed E-state index contributed by atoms with van der Waals surface area (Å²) in [5.74, 6) is 0.657. The third-order valence-electron chi connectivity index (χ3n) is 6.09. The molecule has 1 N–H and O–H groups in total. The fraction of sp³-hybridized carbons (Fsp3) is 0.346. The molecule has 2 heterocycles. The van der Waals surface area contributed by atoms with Crippen LogP contribution >= 0.6 is 0 Å². The Kier molecular flexibility index (Phi) is 6.05. The number of hydrogen-bond acceptors (Lipinski definition) is 3. The normalized spacial score (nSPS) is 15.3. The molecule has 4 heteroatoms. The standard InChI is InChI=1S/C26H30N2O2/c1-18-15-19(2)24(20(3)16-18)27-26(29)25-23(11-14-30-25)22-9-12-28(13-10-22)17-21-7-5-4-6-8-21/h4-8,11,14-16,22H,9-10,12-13,17H2,1-3H3,(H,27,29). The molecule has 156 valence electrons. The monoisotopic (exact) mass is 402 g/mol. The van der Waals surface area contributed by atoms with Crippen LogP contribution in [-0.4, -0.2) is 23.9 Å². The first-order valence-electron chi connectivity index (χ1n) is 10.7. The van der Waals surface area contributed by atoms with Crippen LogP contribution in [0.2, 0.25) is 0 Å². The number of hydrogen-bond donors (Lipinski definition) is 1. The molecular formula is C26H30N2O2. The van der Waals surface area contributed by atoms with Crippen LogP contribution < -0.4 is 5.32 Å². The van der Waals surface area contributed by atoms with E-state index in [1.54, 1.807) is 6.26 Å². The molecule has 0 unspecified atom stereocenters. The molecule has 0 saturated carbocycles. The van der Waals surface area contributed by atoms with Gasteiger partial charge in [0.2, 0.25) is 0 Å². The van der Waals surface area contributed by atoms with Crippen molar-refractivity contribution in [1.82, 2.24) is 4.90 Å². The first-order chi connectivity index (χ1) is 14.5. The van der Waals surface area contributed by atoms with Gasteiger partial charge in [0.1, 0.15) is 0 Å². The number of carbonyl (C=O) groups excluding carboxylic acids is 1. The lowest BCUT2D eigenvalue weighted by atomic mass is 9.89. The second-order valence-corrected chi connectivity index (χ2v) is 8.47. The van der Waals surface area contributed by atoms with E-state index in [1.807, 2.05) is 19.9 Å². The number of nitrogens with zero attached hydrogens (tertiary/aromatic N) is 1. The first-order valence-corrected chi connectivity index (χ1v) is 10.7. The average Bonchev–Trinajstić information content (AvgIpc) is 3.22. The van der Waals surface area contributed by atoms with E-state index >= 15 is 0 Å². The van der Waals surface area contributed by atoms with Crippen molar-refractivity contribution in [3.63, 3.8) is 0 Å². The van der Waals surface area contributed by atoms with Crippen molar-refractivity contribution in [1.29, 1.82) is 0 Å². The maximum atomic E-state index is 13.0. The van der Waals surface area contributed by atoms with Crippen molar-refractivity contribution in [3.05, 3.63) is 88.4 Å². The van der Waals surface area contributed by atoms with Crippen LogP contribution in [0.25, 0.3) is 0 Å². The van der Waals surface area contributed by atoms with Gasteiger partial charge in [-0.3, -0.25) is 9.69 Å². The Labute approximate surface area is 178 Å². The highest BCUT2D eigenvalue weighted by molar-refractivity contribution is 6.04. The first kappa shape index (κ1) is 20.4. The number of likely N-dealkylation sites (tertiary alicyclic amines) is 1. The zero-order chi connectivity index (χ0) is 21.1. The van der Waals surface area contributed by atoms with Crippen molar-refractivity contribution in [3.8, 4) is 0 Å². The lowest BCUT2D eigenvalue weighted by molar-refractivity contribution is 0.0993. The zero-order valence-electron chi connectivity index (χ0n) is 18.1. The Hall–Kier alpha value is -2.85. The minimum atomic E-state index is -0.156. The van der Waals surface area contributed by atoms with E-state index in [2.05, 4.69) is 59.6 Å². The van der Waals surface area contributed by atoms with Crippen LogP contribution in [0.1, 0.15) is 57.1 Å². The van der Waals surface area contributed by atoms with Crippen LogP contribution in [0, 0.1) is 20.8 Å². The van der Waals surface area contributed by atoms with E-state index in [0.717, 1.165) is 54.9 Å². The van der Waals surface area contributed by atoms with Crippen LogP contribution in [0.4, 0.5) is 5.69 Å². The van der Waals surface area contributed by atoms with Crippen LogP contribution in [0.15, 0.2) is 59.2 Å². The van der Waals surface area contributed by atoms with E-state index in [9.17, 15) is 4.79 Å². The number of benzene rings is 2. The van der Waals surface area contributed by atoms with Gasteiger partial charge in [0, 0.05) is 17.8 Å². The highest BCUT2D eigenvalue weighted by Gasteiger charge is 2.27. The second kappa shape index (κ2) is 8.88. The summed E-state index contributed by atoms with van der Waals surface area (Å²) in [6.07, 6.45) is 3.72. The van der Waals surface area contributed by atoms with E-state index in [1.165, 1.54) is 11.1 Å². The fourth-order valence-corrected chi connectivity index (χ4v) is 4.62. The lowest BCUT2D eigenvalue weighted by Crippen LogP contribution is -2.32. The van der Waals surface area contributed by atoms with E-state index in [4.69, 9.17) is 4.42 Å². The van der Waals surface area contributed by atoms with Crippen molar-refractivity contribution in [2.45, 2.75) is 46.1 Å². The number of furan rings is 1. The van der Waals surface area contributed by atoms with Crippen molar-refractivity contribution in [2.24, 2.45) is 0 Å². The summed E-state index contributed by atoms with van der Waals surface area (Å²) in [6.45, 7) is 9.17. The van der Waals surface area contributed by atoms with Gasteiger partial charge in [0.15, 0.2) is 5.76 Å². The lowest BCUT2D eigenvalue weighted by Gasteiger charge is -2.32. The summed E-state index contributed by atoms with van der Waals surface area (Å²) in [7, 11) is 0. The Balaban J connectivity index is 1.42. The SMILES string of the molecule is Cc1cc(C)c(NC(=O)c2occc2C2CCN(Cc3ccccc3)CC2)c(C)c1. The molecule has 0 radical (unpaired) electrons. The van der Waals surface area contributed by atoms with Crippen molar-refractivity contribution >= 4 is 11.6 Å². The summed E-state index contributed by atoms with van der Waals surface area (Å²) < 4.78 is 5.65. The number of carbonyl (C=O) groups is 1. The number of aryl methyl sites for hydroxylation is 3. The van der Waals surface area contributed by atoms with Crippen LogP contribution in [0.5, 0.6) is 0 Å². The fourth-order valence-electron chi connectivity index (χ4n) is 4.62. The number of amides is 1. The van der Waals surface area contributed by atoms with E-state index in [-0.39, 0.29) is 5.91 Å². The van der Waals surface area contributed by atoms with Gasteiger partial charge in [-0.15, -0.1) is 0 Å². The Morgan fingerprint density at radius 2 is 1.70 bits per heavy atom. The Morgan fingerprint density at radius 1 is 1.03 bits per heavy atom. The Bertz CT molecular complexity index is 992. The predicted octanol–water partition coefficient (Wildman–Crippen LogP) is 5.84. The summed E-state index contributed by atoms with van der Waals surface area (Å²) in [6, 6.07) is 16.8. The topological polar surface area (TPSA) is 45.5 Å². The molecular weight excluding hydrogens is 372 g/mol. The number of piperidine rings is 1. The molecule has 3 aromatic rings. The molecule has 2 aromatic carbocycles. The molecule has 4 nitrogen and oxygen atoms in total. The summed E-state index contributed by atoms with van der Waals surface area (Å²) in [5, 5.41) is 3.09. The largest absolute Gasteiger partial charge is 0.459 e. The quantitative estimate of drug-likeness (QED) is 0.583. The number of anilines is 1. The zero-order valence-corrected chi connectivity index (χ0v) is 18.1. The minimum Gasteiger partial charge on any atom is -0.459 e. The third-order valence-corrected chi connectivity index (χ3v) is 6.09. The molecule has 1 fully saturated rings. The van der Waals surface area contributed by atoms with Gasteiger partial charge in [-0.2, -0.15) is 0 Å². The molecule has 0 spiro atoms. The summed E-state index contributed by atoms with van der Waals surface area (Å²) in [4.78, 5) is 15.5. The van der Waals surface area contributed by atoms with Gasteiger partial charge >= 0.3 is 0 Å². The minimum absolute atomic E-state index is 0.156. The third kappa shape index (κ3) is 4.49. The van der Waals surface area contributed by atoms with Crippen LogP contribution in [0.3, 0.4) is 0 Å². The highest BCUT2D eigenvalue weighted by atomic mass is 16.3. The van der Waals surface area contributed by atoms with Gasteiger partial charge in [-0.25, -0.2) is 0 Å². The summed E-state index contributed by atoms with van der Waals surface area (Å²) in [5.41, 5.74) is 6.61. The molecule has 1 aromatic heterocycles. The summed E-state index contributed by atoms with van der Waals surface area (Å²) >= 11 is 0. The molecule has 0 atom stereocenters. The highest BCUT2D eigenvalue weighted by Crippen LogP contribution is 2.32. The molecule has 1 aliphatic heterocycles. The van der Waals surface area contributed by atoms with Crippen molar-refractivity contribution < 1.29 is 9.21 Å². The second-order valence-electron chi connectivity index (χ2n) is 8.47. The van der Waals surface area contributed by atoms with Gasteiger partial charge in [-0.1, -0.05) is 48.0 Å². The van der Waals surface area contributed by atoms with Gasteiger partial charge in [0.25, 0.3) is 5.91 Å². The smallest absolute Gasteiger partial charge is 0.291 e. The van der Waals surface area contributed by atoms with Gasteiger partial charge in [0.05, 0.1) is 6.26 Å². The molecule has 0 aliphatic carbocycles. The predicted molar refractivity (Wildman–Crippen MR) is 121 cm³/mol. The maximum absolute atomic E-state index is 13.0. The average molecular weight is 403 g/mol. The molecule has 30 heavy (non-hydrogen) atoms. The van der Waals surface area contributed by atoms with Gasteiger partial charge in [-0.05, 0) is 75.4 Å². The number of rotatable bonds is 5. The molecule has 1 saturated heterocycles. The van der Waals surface area contributed by atoms with E-state index in [0.29, 0.717) is 11.7 Å². The Morgan fingerprint density at radius 3 is 2.37 bits per heavy atom. The van der Waals surface area contributed by atoms with Crippen molar-refractivity contribution in [2.75, 3.05) is 18.4 Å². The number of nitrogens with one attached hydrogen (secondary N) is 1. The van der Waals surface area contributed by atoms with Crippen LogP contribution in [-0.2, 0) is 6.54 Å². The molecule has 4 rings (SSSR count). The molecule has 1 aliphatic rings. The molecule has 0 bridgehead atoms. The maximum Gasteiger partial charge on any atom is 0.291 e.